The van der Waals surface area contributed by atoms with Gasteiger partial charge in [0.15, 0.2) is 11.6 Å². The van der Waals surface area contributed by atoms with E-state index in [1.807, 2.05) is 73.1 Å². The number of hydrogen-bond acceptors (Lipinski definition) is 12. The van der Waals surface area contributed by atoms with Gasteiger partial charge in [-0.1, -0.05) is 155 Å². The number of thiophene rings is 2. The van der Waals surface area contributed by atoms with Gasteiger partial charge >= 0.3 is 11.9 Å². The molecule has 480 valence electrons. The number of aromatic nitrogens is 4. The van der Waals surface area contributed by atoms with Crippen molar-refractivity contribution in [2.75, 3.05) is 31.1 Å². The number of carbonyl (C=O) groups excluding carboxylic acids is 2. The minimum absolute atomic E-state index is 0.0598. The molecule has 6 aromatic rings. The minimum Gasteiger partial charge on any atom is -0.480 e. The fourth-order valence-electron chi connectivity index (χ4n) is 13.4. The maximum absolute atomic E-state index is 12.8. The summed E-state index contributed by atoms with van der Waals surface area (Å²) in [5.41, 5.74) is 4.28. The summed E-state index contributed by atoms with van der Waals surface area (Å²) in [6.07, 6.45) is 30.4. The van der Waals surface area contributed by atoms with Gasteiger partial charge in [0.2, 0.25) is 0 Å². The van der Waals surface area contributed by atoms with E-state index in [2.05, 4.69) is 112 Å². The third-order valence-corrected chi connectivity index (χ3v) is 22.1. The summed E-state index contributed by atoms with van der Waals surface area (Å²) in [6, 6.07) is 20.3. The van der Waals surface area contributed by atoms with Gasteiger partial charge in [0.25, 0.3) is 11.8 Å². The van der Waals surface area contributed by atoms with Crippen molar-refractivity contribution in [3.8, 4) is 22.8 Å². The number of benzene rings is 2. The molecule has 2 aromatic carbocycles. The van der Waals surface area contributed by atoms with Gasteiger partial charge in [-0.3, -0.25) is 9.59 Å². The lowest BCUT2D eigenvalue weighted by atomic mass is 9.72. The van der Waals surface area contributed by atoms with E-state index in [1.54, 1.807) is 24.5 Å². The molecule has 17 heteroatoms. The van der Waals surface area contributed by atoms with Crippen LogP contribution >= 0.6 is 38.6 Å². The topological polar surface area (TPSA) is 200 Å². The van der Waals surface area contributed by atoms with E-state index in [0.29, 0.717) is 21.4 Å². The molecule has 4 fully saturated rings. The SMILES string of the molecule is CC(C)(C)c1ccc(C(=O)N[C@@H](Cc2ccc(-c3ncc(Br)cn3)cc2)C(=O)O)s1.CCCC1CCC(C2CCN(c3cnc(-c4ccc(C[C@H](NC(=O)c5ccc(C(C)(C)C)s5)C(=O)O)cc4)nc3)CC2)CC1.CCCC1CCC(C2CCNCC2)CC1. The first kappa shape index (κ1) is 69.0. The third-order valence-electron chi connectivity index (χ3n) is 18.7. The molecule has 2 atom stereocenters. The second-order valence-corrected chi connectivity index (χ2v) is 30.5. The number of carboxylic acid groups (broad SMARTS) is 2. The fraction of sp³-hybridized carbons (Fsp3) is 0.556. The Morgan fingerprint density at radius 3 is 1.27 bits per heavy atom. The summed E-state index contributed by atoms with van der Waals surface area (Å²) in [5, 5.41) is 28.2. The summed E-state index contributed by atoms with van der Waals surface area (Å²) in [4.78, 5) is 72.5. The van der Waals surface area contributed by atoms with E-state index in [-0.39, 0.29) is 35.5 Å². The number of halogens is 1. The molecule has 4 aromatic heterocycles. The molecule has 10 rings (SSSR count). The predicted octanol–water partition coefficient (Wildman–Crippen LogP) is 16.0. The van der Waals surface area contributed by atoms with Gasteiger partial charge < -0.3 is 31.1 Å². The number of rotatable bonds is 19. The highest BCUT2D eigenvalue weighted by Gasteiger charge is 2.32. The van der Waals surface area contributed by atoms with E-state index >= 15 is 0 Å². The second-order valence-electron chi connectivity index (χ2n) is 27.4. The second kappa shape index (κ2) is 32.9. The summed E-state index contributed by atoms with van der Waals surface area (Å²) < 4.78 is 0.795. The van der Waals surface area contributed by atoms with Crippen molar-refractivity contribution in [2.45, 2.75) is 194 Å². The largest absolute Gasteiger partial charge is 0.480 e. The van der Waals surface area contributed by atoms with Gasteiger partial charge in [-0.2, -0.15) is 0 Å². The van der Waals surface area contributed by atoms with Gasteiger partial charge in [0.1, 0.15) is 12.1 Å². The zero-order chi connectivity index (χ0) is 63.7. The minimum atomic E-state index is -1.07. The van der Waals surface area contributed by atoms with Crippen molar-refractivity contribution < 1.29 is 29.4 Å². The molecular weight excluding hydrogens is 1220 g/mol. The van der Waals surface area contributed by atoms with E-state index in [4.69, 9.17) is 0 Å². The highest BCUT2D eigenvalue weighted by molar-refractivity contribution is 9.10. The lowest BCUT2D eigenvalue weighted by molar-refractivity contribution is -0.140. The molecule has 89 heavy (non-hydrogen) atoms. The molecule has 2 saturated carbocycles. The molecule has 0 unspecified atom stereocenters. The van der Waals surface area contributed by atoms with E-state index < -0.39 is 24.0 Å². The Morgan fingerprint density at radius 2 is 0.910 bits per heavy atom. The first-order valence-electron chi connectivity index (χ1n) is 32.9. The molecule has 0 bridgehead atoms. The summed E-state index contributed by atoms with van der Waals surface area (Å²) in [7, 11) is 0. The van der Waals surface area contributed by atoms with Crippen molar-refractivity contribution in [3.05, 3.63) is 133 Å². The number of anilines is 1. The number of carbonyl (C=O) groups is 4. The Bertz CT molecular complexity index is 3160. The zero-order valence-corrected chi connectivity index (χ0v) is 57.1. The van der Waals surface area contributed by atoms with E-state index in [0.717, 1.165) is 90.8 Å². The van der Waals surface area contributed by atoms with Crippen LogP contribution in [-0.2, 0) is 33.3 Å². The lowest BCUT2D eigenvalue weighted by Gasteiger charge is -2.39. The molecule has 6 heterocycles. The summed E-state index contributed by atoms with van der Waals surface area (Å²) in [5.74, 6) is 4.33. The number of amides is 2. The van der Waals surface area contributed by atoms with Crippen LogP contribution in [0.3, 0.4) is 0 Å². The predicted molar refractivity (Wildman–Crippen MR) is 365 cm³/mol. The van der Waals surface area contributed by atoms with Crippen molar-refractivity contribution in [3.63, 3.8) is 0 Å². The number of hydrogen-bond donors (Lipinski definition) is 5. The van der Waals surface area contributed by atoms with Gasteiger partial charge in [-0.05, 0) is 162 Å². The Labute approximate surface area is 545 Å². The van der Waals surface area contributed by atoms with Crippen LogP contribution in [0, 0.1) is 35.5 Å². The average molecular weight is 1310 g/mol. The first-order valence-corrected chi connectivity index (χ1v) is 35.3. The van der Waals surface area contributed by atoms with Gasteiger partial charge in [0.05, 0.1) is 32.3 Å². The molecule has 2 saturated heterocycles. The Morgan fingerprint density at radius 1 is 0.539 bits per heavy atom. The normalized spacial score (nSPS) is 20.0. The van der Waals surface area contributed by atoms with E-state index in [9.17, 15) is 29.4 Å². The van der Waals surface area contributed by atoms with Gasteiger partial charge in [-0.15, -0.1) is 22.7 Å². The van der Waals surface area contributed by atoms with Crippen LogP contribution in [-0.4, -0.2) is 92.2 Å². The van der Waals surface area contributed by atoms with Crippen molar-refractivity contribution >= 4 is 68.0 Å². The Kier molecular flexibility index (Phi) is 25.5. The molecular formula is C72H97BrN8O6S2. The molecule has 2 aliphatic heterocycles. The van der Waals surface area contributed by atoms with Crippen LogP contribution < -0.4 is 20.9 Å². The Balaban J connectivity index is 0.000000195. The molecule has 0 radical (unpaired) electrons. The van der Waals surface area contributed by atoms with Crippen molar-refractivity contribution in [1.29, 1.82) is 0 Å². The quantitative estimate of drug-likeness (QED) is 0.0515. The number of aliphatic carboxylic acids is 2. The monoisotopic (exact) mass is 1310 g/mol. The first-order chi connectivity index (χ1) is 42.6. The molecule has 4 aliphatic rings. The van der Waals surface area contributed by atoms with Crippen LogP contribution in [0.5, 0.6) is 0 Å². The van der Waals surface area contributed by atoms with Crippen LogP contribution in [0.1, 0.15) is 198 Å². The van der Waals surface area contributed by atoms with Crippen LogP contribution in [0.15, 0.2) is 102 Å². The lowest BCUT2D eigenvalue weighted by Crippen LogP contribution is -2.42. The smallest absolute Gasteiger partial charge is 0.326 e. The Hall–Kier alpha value is -5.88. The van der Waals surface area contributed by atoms with Gasteiger partial charge in [-0.25, -0.2) is 29.5 Å². The van der Waals surface area contributed by atoms with Crippen molar-refractivity contribution in [2.24, 2.45) is 35.5 Å². The number of nitrogens with one attached hydrogen (secondary N) is 3. The highest BCUT2D eigenvalue weighted by Crippen LogP contribution is 2.41. The number of carboxylic acids is 2. The standard InChI is InChI=1S/C36H48N4O3S.C22H22BrN3O3S.C14H27N/c1-5-6-24-7-11-26(12-8-24)27-17-19-40(20-18-27)29-22-37-33(38-23-29)28-13-9-25(10-14-28)21-30(35(42)43)39-34(41)31-15-16-32(44-31)36(2,3)4;1-22(2,3)18-9-8-17(30-18)20(27)26-16(21(28)29)10-13-4-6-14(7-5-13)19-24-11-15(23)12-25-19;1-2-3-12-4-6-13(7-5-12)14-8-10-15-11-9-14/h9-10,13-16,22-24,26-27,30H,5-8,11-12,17-21H2,1-4H3,(H,39,41)(H,42,43);4-9,11-12,16H,10H2,1-3H3,(H,26,27)(H,28,29);12-15H,2-11H2,1H3/t24?,26?,30-;16-;/m00./s1. The molecule has 2 amide bonds. The summed E-state index contributed by atoms with van der Waals surface area (Å²) in [6.45, 7) is 21.8. The third kappa shape index (κ3) is 20.6. The molecule has 14 nitrogen and oxygen atoms in total. The maximum atomic E-state index is 12.8. The molecule has 0 spiro atoms. The highest BCUT2D eigenvalue weighted by atomic mass is 79.9. The zero-order valence-electron chi connectivity index (χ0n) is 53.9. The maximum Gasteiger partial charge on any atom is 0.326 e. The number of nitrogens with zero attached hydrogens (tertiary/aromatic N) is 5. The molecule has 2 aliphatic carbocycles. The fourth-order valence-corrected chi connectivity index (χ4v) is 15.5. The van der Waals surface area contributed by atoms with Crippen LogP contribution in [0.25, 0.3) is 22.8 Å². The average Bonchev–Trinajstić information content (AvgIpc) is 4.04. The van der Waals surface area contributed by atoms with Crippen LogP contribution in [0.4, 0.5) is 5.69 Å². The number of piperidine rings is 2. The van der Waals surface area contributed by atoms with E-state index in [1.165, 1.54) is 138 Å². The van der Waals surface area contributed by atoms with Gasteiger partial charge in [0, 0.05) is 59.2 Å². The molecule has 5 N–H and O–H groups in total. The van der Waals surface area contributed by atoms with Crippen LogP contribution in [0.2, 0.25) is 0 Å². The van der Waals surface area contributed by atoms with Crippen molar-refractivity contribution in [1.82, 2.24) is 35.9 Å². The summed E-state index contributed by atoms with van der Waals surface area (Å²) >= 11 is 6.09.